The minimum atomic E-state index is 0.518. The lowest BCUT2D eigenvalue weighted by atomic mass is 10.2. The molecule has 0 aliphatic carbocycles. The second kappa shape index (κ2) is 6.71. The van der Waals surface area contributed by atoms with Crippen molar-refractivity contribution in [2.24, 2.45) is 0 Å². The second-order valence-electron chi connectivity index (χ2n) is 4.67. The molecule has 0 radical (unpaired) electrons. The Morgan fingerprint density at radius 3 is 2.63 bits per heavy atom. The quantitative estimate of drug-likeness (QED) is 0.750. The molecule has 0 aliphatic heterocycles. The summed E-state index contributed by atoms with van der Waals surface area (Å²) < 4.78 is 2.07. The summed E-state index contributed by atoms with van der Waals surface area (Å²) in [5, 5.41) is 0. The topological polar surface area (TPSA) is 30.7 Å². The van der Waals surface area contributed by atoms with Crippen molar-refractivity contribution in [2.45, 2.75) is 45.4 Å². The molecule has 0 unspecified atom stereocenters. The molecule has 2 rings (SSSR count). The molecule has 2 heterocycles. The molecule has 0 atom stereocenters. The van der Waals surface area contributed by atoms with Gasteiger partial charge in [-0.05, 0) is 30.5 Å². The number of nitrogens with zero attached hydrogens (tertiary/aromatic N) is 3. The maximum atomic E-state index is 5.98. The van der Waals surface area contributed by atoms with Gasteiger partial charge >= 0.3 is 0 Å². The van der Waals surface area contributed by atoms with Crippen LogP contribution in [0.2, 0.25) is 0 Å². The molecule has 0 bridgehead atoms. The van der Waals surface area contributed by atoms with Crippen LogP contribution in [0.3, 0.4) is 0 Å². The molecule has 2 aromatic rings. The summed E-state index contributed by atoms with van der Waals surface area (Å²) in [6.07, 6.45) is 7.91. The molecule has 0 spiro atoms. The largest absolute Gasteiger partial charge is 0.288 e. The number of aryl methyl sites for hydroxylation is 2. The van der Waals surface area contributed by atoms with Crippen LogP contribution in [0.25, 0.3) is 5.82 Å². The Morgan fingerprint density at radius 2 is 1.95 bits per heavy atom. The number of pyridine rings is 1. The van der Waals surface area contributed by atoms with Crippen LogP contribution in [0.4, 0.5) is 0 Å². The van der Waals surface area contributed by atoms with E-state index in [1.807, 2.05) is 18.5 Å². The van der Waals surface area contributed by atoms with E-state index in [1.165, 1.54) is 0 Å². The number of imidazole rings is 1. The Kier molecular flexibility index (Phi) is 4.97. The van der Waals surface area contributed by atoms with Crippen molar-refractivity contribution in [2.75, 3.05) is 0 Å². The monoisotopic (exact) mass is 277 g/mol. The first-order valence-electron chi connectivity index (χ1n) is 6.86. The number of hydrogen-bond acceptors (Lipinski definition) is 2. The van der Waals surface area contributed by atoms with Gasteiger partial charge < -0.3 is 0 Å². The van der Waals surface area contributed by atoms with Gasteiger partial charge in [-0.15, -0.1) is 11.6 Å². The van der Waals surface area contributed by atoms with E-state index in [2.05, 4.69) is 29.5 Å². The second-order valence-corrected chi connectivity index (χ2v) is 4.94. The summed E-state index contributed by atoms with van der Waals surface area (Å²) in [6.45, 7) is 4.32. The smallest absolute Gasteiger partial charge is 0.138 e. The lowest BCUT2D eigenvalue weighted by Gasteiger charge is -2.10. The van der Waals surface area contributed by atoms with Crippen molar-refractivity contribution >= 4 is 11.6 Å². The lowest BCUT2D eigenvalue weighted by Crippen LogP contribution is -2.05. The van der Waals surface area contributed by atoms with Crippen molar-refractivity contribution in [3.8, 4) is 5.82 Å². The fraction of sp³-hybridized carbons (Fsp3) is 0.467. The average Bonchev–Trinajstić information content (AvgIpc) is 2.87. The average molecular weight is 278 g/mol. The molecule has 0 N–H and O–H groups in total. The molecule has 19 heavy (non-hydrogen) atoms. The standard InChI is InChI=1S/C15H20ClN3/c1-3-5-13-9-12(11-16)10-15(18-13)19-8-7-17-14(19)6-4-2/h7-10H,3-6,11H2,1-2H3. The third-order valence-corrected chi connectivity index (χ3v) is 3.33. The van der Waals surface area contributed by atoms with Gasteiger partial charge in [-0.25, -0.2) is 9.97 Å². The highest BCUT2D eigenvalue weighted by Crippen LogP contribution is 2.16. The Balaban J connectivity index is 2.42. The molecular weight excluding hydrogens is 258 g/mol. The highest BCUT2D eigenvalue weighted by Gasteiger charge is 2.08. The van der Waals surface area contributed by atoms with Crippen molar-refractivity contribution < 1.29 is 0 Å². The molecule has 3 nitrogen and oxygen atoms in total. The molecule has 0 amide bonds. The van der Waals surface area contributed by atoms with Gasteiger partial charge in [-0.1, -0.05) is 20.3 Å². The Bertz CT molecular complexity index is 534. The van der Waals surface area contributed by atoms with E-state index in [9.17, 15) is 0 Å². The van der Waals surface area contributed by atoms with Gasteiger partial charge in [0.2, 0.25) is 0 Å². The van der Waals surface area contributed by atoms with Crippen LogP contribution < -0.4 is 0 Å². The Labute approximate surface area is 119 Å². The van der Waals surface area contributed by atoms with Gasteiger partial charge in [0, 0.05) is 30.4 Å². The van der Waals surface area contributed by atoms with E-state index in [-0.39, 0.29) is 0 Å². The summed E-state index contributed by atoms with van der Waals surface area (Å²) in [5.41, 5.74) is 2.22. The van der Waals surface area contributed by atoms with Gasteiger partial charge in [-0.2, -0.15) is 0 Å². The van der Waals surface area contributed by atoms with Crippen LogP contribution in [0.15, 0.2) is 24.5 Å². The fourth-order valence-electron chi connectivity index (χ4n) is 2.17. The van der Waals surface area contributed by atoms with Crippen molar-refractivity contribution in [1.29, 1.82) is 0 Å². The maximum Gasteiger partial charge on any atom is 0.138 e. The minimum Gasteiger partial charge on any atom is -0.288 e. The molecule has 2 aromatic heterocycles. The molecule has 0 aliphatic rings. The van der Waals surface area contributed by atoms with E-state index in [1.54, 1.807) is 0 Å². The van der Waals surface area contributed by atoms with Crippen molar-refractivity contribution in [3.05, 3.63) is 41.6 Å². The first-order valence-corrected chi connectivity index (χ1v) is 7.40. The normalized spacial score (nSPS) is 10.9. The van der Waals surface area contributed by atoms with E-state index in [4.69, 9.17) is 16.6 Å². The number of hydrogen-bond donors (Lipinski definition) is 0. The zero-order valence-corrected chi connectivity index (χ0v) is 12.3. The van der Waals surface area contributed by atoms with Crippen molar-refractivity contribution in [3.63, 3.8) is 0 Å². The first-order chi connectivity index (χ1) is 9.28. The van der Waals surface area contributed by atoms with Gasteiger partial charge in [0.15, 0.2) is 0 Å². The minimum absolute atomic E-state index is 0.518. The molecule has 102 valence electrons. The number of alkyl halides is 1. The predicted molar refractivity (Wildman–Crippen MR) is 78.9 cm³/mol. The molecule has 0 aromatic carbocycles. The summed E-state index contributed by atoms with van der Waals surface area (Å²) in [6, 6.07) is 4.14. The van der Waals surface area contributed by atoms with Gasteiger partial charge in [0.1, 0.15) is 11.6 Å². The Hall–Kier alpha value is -1.35. The number of halogens is 1. The van der Waals surface area contributed by atoms with Gasteiger partial charge in [0.25, 0.3) is 0 Å². The van der Waals surface area contributed by atoms with Crippen LogP contribution in [-0.2, 0) is 18.7 Å². The Morgan fingerprint density at radius 1 is 1.16 bits per heavy atom. The van der Waals surface area contributed by atoms with Crippen LogP contribution in [-0.4, -0.2) is 14.5 Å². The molecular formula is C15H20ClN3. The van der Waals surface area contributed by atoms with Crippen LogP contribution >= 0.6 is 11.6 Å². The highest BCUT2D eigenvalue weighted by atomic mass is 35.5. The van der Waals surface area contributed by atoms with E-state index >= 15 is 0 Å². The zero-order valence-electron chi connectivity index (χ0n) is 11.6. The summed E-state index contributed by atoms with van der Waals surface area (Å²) in [4.78, 5) is 9.12. The summed E-state index contributed by atoms with van der Waals surface area (Å²) in [5.74, 6) is 2.51. The van der Waals surface area contributed by atoms with Crippen LogP contribution in [0.5, 0.6) is 0 Å². The van der Waals surface area contributed by atoms with E-state index < -0.39 is 0 Å². The summed E-state index contributed by atoms with van der Waals surface area (Å²) in [7, 11) is 0. The SMILES string of the molecule is CCCc1cc(CCl)cc(-n2ccnc2CCC)n1. The third-order valence-electron chi connectivity index (χ3n) is 3.02. The number of rotatable bonds is 6. The molecule has 0 saturated heterocycles. The molecule has 0 fully saturated rings. The van der Waals surface area contributed by atoms with E-state index in [0.29, 0.717) is 5.88 Å². The van der Waals surface area contributed by atoms with Crippen molar-refractivity contribution in [1.82, 2.24) is 14.5 Å². The van der Waals surface area contributed by atoms with E-state index in [0.717, 1.165) is 48.6 Å². The van der Waals surface area contributed by atoms with Crippen LogP contribution in [0, 0.1) is 0 Å². The lowest BCUT2D eigenvalue weighted by molar-refractivity contribution is 0.787. The molecule has 0 saturated carbocycles. The fourth-order valence-corrected chi connectivity index (χ4v) is 2.32. The number of aromatic nitrogens is 3. The van der Waals surface area contributed by atoms with Crippen LogP contribution in [0.1, 0.15) is 43.8 Å². The zero-order chi connectivity index (χ0) is 13.7. The van der Waals surface area contributed by atoms with Gasteiger partial charge in [0.05, 0.1) is 0 Å². The predicted octanol–water partition coefficient (Wildman–Crippen LogP) is 3.91. The van der Waals surface area contributed by atoms with Gasteiger partial charge in [-0.3, -0.25) is 4.57 Å². The third kappa shape index (κ3) is 3.35. The molecule has 4 heteroatoms. The first kappa shape index (κ1) is 14.1. The maximum absolute atomic E-state index is 5.98. The summed E-state index contributed by atoms with van der Waals surface area (Å²) >= 11 is 5.98. The highest BCUT2D eigenvalue weighted by molar-refractivity contribution is 6.17.